The lowest BCUT2D eigenvalue weighted by Crippen LogP contribution is -1.93. The zero-order valence-electron chi connectivity index (χ0n) is 18.2. The first kappa shape index (κ1) is 24.1. The number of hydrogen-bond donors (Lipinski definition) is 4. The van der Waals surface area contributed by atoms with Gasteiger partial charge in [-0.2, -0.15) is 0 Å². The lowest BCUT2D eigenvalue weighted by Gasteiger charge is -2.08. The highest BCUT2D eigenvalue weighted by Gasteiger charge is 2.07. The van der Waals surface area contributed by atoms with Gasteiger partial charge in [0, 0.05) is 33.6 Å². The van der Waals surface area contributed by atoms with Crippen molar-refractivity contribution in [2.24, 2.45) is 9.98 Å². The molecular weight excluding hydrogens is 487 g/mol. The fourth-order valence-electron chi connectivity index (χ4n) is 3.35. The second-order valence-corrected chi connectivity index (χ2v) is 8.62. The summed E-state index contributed by atoms with van der Waals surface area (Å²) in [6.45, 7) is 0. The van der Waals surface area contributed by atoms with Crippen molar-refractivity contribution in [3.8, 4) is 23.0 Å². The summed E-state index contributed by atoms with van der Waals surface area (Å²) in [5, 5.41) is 41.2. The Hall–Kier alpha value is -4.00. The molecule has 0 atom stereocenters. The van der Waals surface area contributed by atoms with Crippen LogP contribution in [0.25, 0.3) is 0 Å². The minimum Gasteiger partial charge on any atom is -0.507 e. The van der Waals surface area contributed by atoms with Gasteiger partial charge >= 0.3 is 0 Å². The Bertz CT molecular complexity index is 1340. The van der Waals surface area contributed by atoms with E-state index in [-0.39, 0.29) is 34.4 Å². The van der Waals surface area contributed by atoms with Crippen molar-refractivity contribution in [1.82, 2.24) is 0 Å². The predicted molar refractivity (Wildman–Crippen MR) is 140 cm³/mol. The van der Waals surface area contributed by atoms with Gasteiger partial charge in [-0.3, -0.25) is 9.98 Å². The first-order valence-corrected chi connectivity index (χ1v) is 11.2. The number of phenols is 4. The standard InChI is InChI=1S/C27H20Cl2N2O4/c28-20-3-7-26(34)22(12-20)30-14-18-10-16(1-5-24(18)32)9-17-2-6-25(33)19(11-17)15-31-23-13-21(29)4-8-27(23)35/h1-8,10-15,32-35H,9H2. The summed E-state index contributed by atoms with van der Waals surface area (Å²) in [5.74, 6) is 0.0362. The molecule has 0 heterocycles. The van der Waals surface area contributed by atoms with E-state index < -0.39 is 0 Å². The topological polar surface area (TPSA) is 106 Å². The number of phenolic OH excluding ortho intramolecular Hbond substituents is 4. The smallest absolute Gasteiger partial charge is 0.141 e. The molecule has 4 aromatic carbocycles. The molecule has 0 radical (unpaired) electrons. The van der Waals surface area contributed by atoms with E-state index in [0.717, 1.165) is 11.1 Å². The third-order valence-corrected chi connectivity index (χ3v) is 5.62. The van der Waals surface area contributed by atoms with Crippen molar-refractivity contribution in [3.05, 3.63) is 105 Å². The maximum Gasteiger partial charge on any atom is 0.141 e. The molecule has 4 N–H and O–H groups in total. The molecule has 0 amide bonds. The fourth-order valence-corrected chi connectivity index (χ4v) is 3.68. The summed E-state index contributed by atoms with van der Waals surface area (Å²) in [5.41, 5.74) is 3.30. The largest absolute Gasteiger partial charge is 0.507 e. The molecule has 4 rings (SSSR count). The van der Waals surface area contributed by atoms with Crippen LogP contribution in [0, 0.1) is 0 Å². The number of nitrogens with zero attached hydrogens (tertiary/aromatic N) is 2. The number of halogens is 2. The molecule has 0 aliphatic rings. The molecule has 176 valence electrons. The van der Waals surface area contributed by atoms with Gasteiger partial charge in [-0.05, 0) is 78.2 Å². The minimum absolute atomic E-state index is 0.0225. The highest BCUT2D eigenvalue weighted by atomic mass is 35.5. The van der Waals surface area contributed by atoms with Crippen LogP contribution in [-0.2, 0) is 6.42 Å². The molecule has 35 heavy (non-hydrogen) atoms. The van der Waals surface area contributed by atoms with Crippen molar-refractivity contribution < 1.29 is 20.4 Å². The molecule has 8 heteroatoms. The number of aromatic hydroxyl groups is 4. The molecule has 0 aliphatic heterocycles. The van der Waals surface area contributed by atoms with Crippen molar-refractivity contribution in [2.45, 2.75) is 6.42 Å². The molecule has 0 saturated carbocycles. The normalized spacial score (nSPS) is 11.5. The van der Waals surface area contributed by atoms with Crippen molar-refractivity contribution in [3.63, 3.8) is 0 Å². The molecule has 0 bridgehead atoms. The van der Waals surface area contributed by atoms with Crippen LogP contribution < -0.4 is 0 Å². The van der Waals surface area contributed by atoms with E-state index in [1.54, 1.807) is 48.5 Å². The van der Waals surface area contributed by atoms with Crippen molar-refractivity contribution >= 4 is 47.0 Å². The van der Waals surface area contributed by atoms with Crippen LogP contribution in [0.1, 0.15) is 22.3 Å². The zero-order chi connectivity index (χ0) is 24.9. The lowest BCUT2D eigenvalue weighted by molar-refractivity contribution is 0.473. The number of benzene rings is 4. The molecule has 0 aromatic heterocycles. The Morgan fingerprint density at radius 3 is 1.37 bits per heavy atom. The van der Waals surface area contributed by atoms with Gasteiger partial charge in [0.1, 0.15) is 34.4 Å². The summed E-state index contributed by atoms with van der Waals surface area (Å²) >= 11 is 11.9. The summed E-state index contributed by atoms with van der Waals surface area (Å²) in [6, 6.07) is 19.3. The average molecular weight is 507 g/mol. The van der Waals surface area contributed by atoms with Gasteiger partial charge in [-0.1, -0.05) is 35.3 Å². The number of hydrogen-bond acceptors (Lipinski definition) is 6. The maximum atomic E-state index is 10.2. The third-order valence-electron chi connectivity index (χ3n) is 5.15. The van der Waals surface area contributed by atoms with Gasteiger partial charge in [0.15, 0.2) is 0 Å². The SMILES string of the molecule is Oc1ccc(Cc2ccc(O)c(C=Nc3cc(Cl)ccc3O)c2)cc1C=Nc1cc(Cl)ccc1O. The van der Waals surface area contributed by atoms with E-state index >= 15 is 0 Å². The Balaban J connectivity index is 1.56. The molecule has 0 spiro atoms. The van der Waals surface area contributed by atoms with Crippen LogP contribution in [0.4, 0.5) is 11.4 Å². The lowest BCUT2D eigenvalue weighted by atomic mass is 10.0. The molecule has 0 fully saturated rings. The maximum absolute atomic E-state index is 10.2. The van der Waals surface area contributed by atoms with Gasteiger partial charge in [-0.15, -0.1) is 0 Å². The Morgan fingerprint density at radius 2 is 0.943 bits per heavy atom. The second kappa shape index (κ2) is 10.5. The van der Waals surface area contributed by atoms with Crippen molar-refractivity contribution in [1.29, 1.82) is 0 Å². The Kier molecular flexibility index (Phi) is 7.25. The Labute approximate surface area is 211 Å². The van der Waals surface area contributed by atoms with Gasteiger partial charge in [0.05, 0.1) is 0 Å². The molecule has 0 aliphatic carbocycles. The predicted octanol–water partition coefficient (Wildman–Crippen LogP) is 6.91. The van der Waals surface area contributed by atoms with Crippen LogP contribution in [0.2, 0.25) is 10.0 Å². The van der Waals surface area contributed by atoms with Crippen LogP contribution >= 0.6 is 23.2 Å². The van der Waals surface area contributed by atoms with E-state index in [2.05, 4.69) is 9.98 Å². The van der Waals surface area contributed by atoms with Crippen LogP contribution in [-0.4, -0.2) is 32.9 Å². The van der Waals surface area contributed by atoms with Gasteiger partial charge in [0.25, 0.3) is 0 Å². The molecule has 0 saturated heterocycles. The van der Waals surface area contributed by atoms with E-state index in [1.165, 1.54) is 36.7 Å². The van der Waals surface area contributed by atoms with Gasteiger partial charge in [0.2, 0.25) is 0 Å². The first-order valence-electron chi connectivity index (χ1n) is 10.5. The molecule has 6 nitrogen and oxygen atoms in total. The van der Waals surface area contributed by atoms with E-state index in [4.69, 9.17) is 23.2 Å². The van der Waals surface area contributed by atoms with E-state index in [9.17, 15) is 20.4 Å². The Morgan fingerprint density at radius 1 is 0.543 bits per heavy atom. The highest BCUT2D eigenvalue weighted by molar-refractivity contribution is 6.31. The molecular formula is C27H20Cl2N2O4. The summed E-state index contributed by atoms with van der Waals surface area (Å²) in [6.07, 6.45) is 3.42. The monoisotopic (exact) mass is 506 g/mol. The fraction of sp³-hybridized carbons (Fsp3) is 0.0370. The number of rotatable bonds is 6. The third kappa shape index (κ3) is 6.12. The zero-order valence-corrected chi connectivity index (χ0v) is 19.7. The quantitative estimate of drug-likeness (QED) is 0.213. The van der Waals surface area contributed by atoms with Crippen LogP contribution in [0.5, 0.6) is 23.0 Å². The number of aliphatic imine (C=N–C) groups is 2. The van der Waals surface area contributed by atoms with Gasteiger partial charge in [-0.25, -0.2) is 0 Å². The first-order chi connectivity index (χ1) is 16.8. The van der Waals surface area contributed by atoms with E-state index in [1.807, 2.05) is 0 Å². The van der Waals surface area contributed by atoms with Crippen molar-refractivity contribution in [2.75, 3.05) is 0 Å². The van der Waals surface area contributed by atoms with E-state index in [0.29, 0.717) is 27.6 Å². The summed E-state index contributed by atoms with van der Waals surface area (Å²) in [4.78, 5) is 8.48. The van der Waals surface area contributed by atoms with Gasteiger partial charge < -0.3 is 20.4 Å². The second-order valence-electron chi connectivity index (χ2n) is 7.75. The summed E-state index contributed by atoms with van der Waals surface area (Å²) < 4.78 is 0. The van der Waals surface area contributed by atoms with Crippen LogP contribution in [0.15, 0.2) is 82.8 Å². The average Bonchev–Trinajstić information content (AvgIpc) is 2.83. The highest BCUT2D eigenvalue weighted by Crippen LogP contribution is 2.31. The minimum atomic E-state index is -0.0225. The summed E-state index contributed by atoms with van der Waals surface area (Å²) in [7, 11) is 0. The van der Waals surface area contributed by atoms with Crippen LogP contribution in [0.3, 0.4) is 0 Å². The molecule has 0 unspecified atom stereocenters. The molecule has 4 aromatic rings.